The van der Waals surface area contributed by atoms with E-state index in [-0.39, 0.29) is 4.90 Å². The number of hydrogen-bond acceptors (Lipinski definition) is 7. The number of hydrogen-bond donors (Lipinski definition) is 0. The van der Waals surface area contributed by atoms with Crippen LogP contribution in [0.15, 0.2) is 47.4 Å². The lowest BCUT2D eigenvalue weighted by Crippen LogP contribution is -2.37. The van der Waals surface area contributed by atoms with Gasteiger partial charge in [0, 0.05) is 33.3 Å². The van der Waals surface area contributed by atoms with E-state index in [9.17, 15) is 13.2 Å². The van der Waals surface area contributed by atoms with E-state index < -0.39 is 16.0 Å². The lowest BCUT2D eigenvalue weighted by molar-refractivity contribution is 0.0735. The van der Waals surface area contributed by atoms with E-state index in [1.165, 1.54) is 39.9 Å². The van der Waals surface area contributed by atoms with Gasteiger partial charge < -0.3 is 9.64 Å². The maximum Gasteiger partial charge on any atom is 0.343 e. The van der Waals surface area contributed by atoms with Crippen molar-refractivity contribution in [1.82, 2.24) is 9.29 Å². The zero-order chi connectivity index (χ0) is 22.2. The van der Waals surface area contributed by atoms with Crippen molar-refractivity contribution in [2.24, 2.45) is 5.92 Å². The lowest BCUT2D eigenvalue weighted by Gasteiger charge is -2.29. The molecule has 0 radical (unpaired) electrons. The van der Waals surface area contributed by atoms with Gasteiger partial charge in [0.05, 0.1) is 20.7 Å². The summed E-state index contributed by atoms with van der Waals surface area (Å²) >= 11 is 1.51. The van der Waals surface area contributed by atoms with Gasteiger partial charge in [-0.15, -0.1) is 0 Å². The van der Waals surface area contributed by atoms with Crippen LogP contribution in [0.25, 0.3) is 10.2 Å². The second kappa shape index (κ2) is 8.57. The number of aromatic nitrogens is 1. The third-order valence-electron chi connectivity index (χ3n) is 5.41. The van der Waals surface area contributed by atoms with Gasteiger partial charge in [0.2, 0.25) is 10.0 Å². The summed E-state index contributed by atoms with van der Waals surface area (Å²) in [6, 6.07) is 11.2. The molecule has 0 atom stereocenters. The van der Waals surface area contributed by atoms with Crippen LogP contribution in [-0.4, -0.2) is 50.9 Å². The van der Waals surface area contributed by atoms with E-state index in [1.807, 2.05) is 25.1 Å². The number of rotatable bonds is 5. The lowest BCUT2D eigenvalue weighted by atomic mass is 10.0. The topological polar surface area (TPSA) is 79.8 Å². The molecule has 1 aliphatic rings. The Morgan fingerprint density at radius 1 is 1.13 bits per heavy atom. The number of carbonyl (C=O) groups is 1. The van der Waals surface area contributed by atoms with Crippen LogP contribution in [0.5, 0.6) is 5.75 Å². The van der Waals surface area contributed by atoms with Crippen molar-refractivity contribution in [3.8, 4) is 5.75 Å². The van der Waals surface area contributed by atoms with E-state index in [4.69, 9.17) is 4.74 Å². The first kappa shape index (κ1) is 21.7. The molecule has 0 unspecified atom stereocenters. The molecule has 1 aromatic heterocycles. The number of fused-ring (bicyclic) bond motifs is 1. The number of piperidine rings is 1. The smallest absolute Gasteiger partial charge is 0.343 e. The minimum Gasteiger partial charge on any atom is -0.423 e. The highest BCUT2D eigenvalue weighted by molar-refractivity contribution is 7.89. The Kier molecular flexibility index (Phi) is 6.00. The highest BCUT2D eigenvalue weighted by Crippen LogP contribution is 2.31. The molecule has 0 aliphatic carbocycles. The second-order valence-corrected chi connectivity index (χ2v) is 11.0. The van der Waals surface area contributed by atoms with Gasteiger partial charge in [-0.3, -0.25) is 0 Å². The molecule has 2 aromatic carbocycles. The number of esters is 1. The molecule has 2 heterocycles. The van der Waals surface area contributed by atoms with E-state index in [2.05, 4.69) is 11.9 Å². The Balaban J connectivity index is 1.47. The predicted octanol–water partition coefficient (Wildman–Crippen LogP) is 4.00. The highest BCUT2D eigenvalue weighted by Gasteiger charge is 2.28. The molecule has 0 spiro atoms. The Bertz CT molecular complexity index is 1200. The standard InChI is InChI=1S/C22H25N3O4S2/c1-15-10-12-25(13-11-15)31(27,28)18-7-4-16(5-8-18)21(26)29-17-6-9-19-20(14-17)30-22(23-19)24(2)3/h4-9,14-15H,10-13H2,1-3H3. The van der Waals surface area contributed by atoms with Crippen molar-refractivity contribution in [3.63, 3.8) is 0 Å². The fraction of sp³-hybridized carbons (Fsp3) is 0.364. The minimum absolute atomic E-state index is 0.195. The molecule has 3 aromatic rings. The van der Waals surface area contributed by atoms with Crippen LogP contribution >= 0.6 is 11.3 Å². The number of sulfonamides is 1. The summed E-state index contributed by atoms with van der Waals surface area (Å²) in [5.41, 5.74) is 1.14. The molecule has 0 saturated carbocycles. The highest BCUT2D eigenvalue weighted by atomic mass is 32.2. The summed E-state index contributed by atoms with van der Waals surface area (Å²) in [6.45, 7) is 3.20. The van der Waals surface area contributed by atoms with Crippen molar-refractivity contribution < 1.29 is 17.9 Å². The molecule has 4 rings (SSSR count). The average molecular weight is 460 g/mol. The number of nitrogens with zero attached hydrogens (tertiary/aromatic N) is 3. The van der Waals surface area contributed by atoms with Crippen molar-refractivity contribution >= 4 is 42.7 Å². The summed E-state index contributed by atoms with van der Waals surface area (Å²) in [4.78, 5) is 19.2. The van der Waals surface area contributed by atoms with Crippen molar-refractivity contribution in [2.45, 2.75) is 24.7 Å². The van der Waals surface area contributed by atoms with Crippen LogP contribution in [-0.2, 0) is 10.0 Å². The molecule has 1 aliphatic heterocycles. The molecule has 1 fully saturated rings. The van der Waals surface area contributed by atoms with E-state index >= 15 is 0 Å². The van der Waals surface area contributed by atoms with Crippen molar-refractivity contribution in [3.05, 3.63) is 48.0 Å². The van der Waals surface area contributed by atoms with Crippen molar-refractivity contribution in [1.29, 1.82) is 0 Å². The molecule has 164 valence electrons. The van der Waals surface area contributed by atoms with Crippen LogP contribution in [0.4, 0.5) is 5.13 Å². The van der Waals surface area contributed by atoms with E-state index in [0.717, 1.165) is 28.2 Å². The zero-order valence-corrected chi connectivity index (χ0v) is 19.4. The normalized spacial score (nSPS) is 15.8. The third-order valence-corrected chi connectivity index (χ3v) is 8.51. The number of ether oxygens (including phenoxy) is 1. The number of thiazole rings is 1. The van der Waals surface area contributed by atoms with Gasteiger partial charge in [-0.25, -0.2) is 18.2 Å². The van der Waals surface area contributed by atoms with Crippen LogP contribution in [0.3, 0.4) is 0 Å². The SMILES string of the molecule is CC1CCN(S(=O)(=O)c2ccc(C(=O)Oc3ccc4nc(N(C)C)sc4c3)cc2)CC1. The average Bonchev–Trinajstić information content (AvgIpc) is 3.18. The number of benzene rings is 2. The molecule has 1 saturated heterocycles. The third kappa shape index (κ3) is 4.58. The summed E-state index contributed by atoms with van der Waals surface area (Å²) in [7, 11) is 0.306. The molecule has 9 heteroatoms. The molecule has 31 heavy (non-hydrogen) atoms. The zero-order valence-electron chi connectivity index (χ0n) is 17.7. The fourth-order valence-electron chi connectivity index (χ4n) is 3.45. The molecule has 0 N–H and O–H groups in total. The monoisotopic (exact) mass is 459 g/mol. The van der Waals surface area contributed by atoms with Crippen molar-refractivity contribution in [2.75, 3.05) is 32.1 Å². The number of anilines is 1. The molecular weight excluding hydrogens is 434 g/mol. The van der Waals surface area contributed by atoms with Gasteiger partial charge in [0.1, 0.15) is 5.75 Å². The van der Waals surface area contributed by atoms with Crippen LogP contribution < -0.4 is 9.64 Å². The molecule has 7 nitrogen and oxygen atoms in total. The Labute approximate surface area is 186 Å². The quantitative estimate of drug-likeness (QED) is 0.424. The van der Waals surface area contributed by atoms with Gasteiger partial charge in [-0.05, 0) is 55.2 Å². The fourth-order valence-corrected chi connectivity index (χ4v) is 5.84. The number of carbonyl (C=O) groups excluding carboxylic acids is 1. The maximum atomic E-state index is 12.8. The van der Waals surface area contributed by atoms with Gasteiger partial charge in [-0.2, -0.15) is 4.31 Å². The first-order valence-electron chi connectivity index (χ1n) is 10.1. The van der Waals surface area contributed by atoms with Crippen LogP contribution in [0.2, 0.25) is 0 Å². The second-order valence-electron chi connectivity index (χ2n) is 8.02. The summed E-state index contributed by atoms with van der Waals surface area (Å²) < 4.78 is 33.6. The Hall–Kier alpha value is -2.49. The van der Waals surface area contributed by atoms with Gasteiger partial charge >= 0.3 is 5.97 Å². The molecule has 0 amide bonds. The van der Waals surface area contributed by atoms with Gasteiger partial charge in [0.25, 0.3) is 0 Å². The largest absolute Gasteiger partial charge is 0.423 e. The van der Waals surface area contributed by atoms with E-state index in [1.54, 1.807) is 12.1 Å². The maximum absolute atomic E-state index is 12.8. The molecule has 0 bridgehead atoms. The van der Waals surface area contributed by atoms with Crippen LogP contribution in [0, 0.1) is 5.92 Å². The summed E-state index contributed by atoms with van der Waals surface area (Å²) in [6.07, 6.45) is 1.73. The minimum atomic E-state index is -3.54. The van der Waals surface area contributed by atoms with Gasteiger partial charge in [-0.1, -0.05) is 18.3 Å². The Morgan fingerprint density at radius 3 is 2.45 bits per heavy atom. The molecular formula is C22H25N3O4S2. The predicted molar refractivity (Wildman–Crippen MR) is 123 cm³/mol. The van der Waals surface area contributed by atoms with Gasteiger partial charge in [0.15, 0.2) is 5.13 Å². The first-order chi connectivity index (χ1) is 14.7. The van der Waals surface area contributed by atoms with Crippen LogP contribution in [0.1, 0.15) is 30.1 Å². The van der Waals surface area contributed by atoms with E-state index in [0.29, 0.717) is 30.3 Å². The summed E-state index contributed by atoms with van der Waals surface area (Å²) in [5, 5.41) is 0.874. The Morgan fingerprint density at radius 2 is 1.81 bits per heavy atom. The summed E-state index contributed by atoms with van der Waals surface area (Å²) in [5.74, 6) is 0.431. The first-order valence-corrected chi connectivity index (χ1v) is 12.4.